The Bertz CT molecular complexity index is 433. The number of hydrogen-bond acceptors (Lipinski definition) is 2. The smallest absolute Gasteiger partial charge is 0.0399 e. The van der Waals surface area contributed by atoms with Gasteiger partial charge in [-0.25, -0.2) is 0 Å². The van der Waals surface area contributed by atoms with Crippen LogP contribution in [0.5, 0.6) is 0 Å². The monoisotopic (exact) mass is 244 g/mol. The van der Waals surface area contributed by atoms with Crippen LogP contribution in [0.3, 0.4) is 0 Å². The molecule has 1 aromatic rings. The van der Waals surface area contributed by atoms with E-state index in [0.29, 0.717) is 5.54 Å². The Kier molecular flexibility index (Phi) is 3.06. The Morgan fingerprint density at radius 2 is 2.22 bits per heavy atom. The number of nitrogens with one attached hydrogen (secondary N) is 1. The molecule has 2 aliphatic heterocycles. The van der Waals surface area contributed by atoms with Crippen molar-refractivity contribution in [2.24, 2.45) is 0 Å². The fourth-order valence-corrected chi connectivity index (χ4v) is 3.48. The molecular formula is C16H24N2. The first-order valence-electron chi connectivity index (χ1n) is 7.26. The molecule has 0 aliphatic carbocycles. The third-order valence-corrected chi connectivity index (χ3v) is 4.45. The van der Waals surface area contributed by atoms with Crippen LogP contribution in [-0.2, 0) is 6.42 Å². The van der Waals surface area contributed by atoms with Gasteiger partial charge in [0.2, 0.25) is 0 Å². The highest BCUT2D eigenvalue weighted by molar-refractivity contribution is 5.57. The zero-order chi connectivity index (χ0) is 12.6. The molecule has 1 fully saturated rings. The summed E-state index contributed by atoms with van der Waals surface area (Å²) in [5, 5.41) is 3.68. The van der Waals surface area contributed by atoms with Gasteiger partial charge in [-0.3, -0.25) is 0 Å². The first-order chi connectivity index (χ1) is 8.66. The summed E-state index contributed by atoms with van der Waals surface area (Å²) >= 11 is 0. The Hall–Kier alpha value is -1.02. The summed E-state index contributed by atoms with van der Waals surface area (Å²) in [6.45, 7) is 8.13. The van der Waals surface area contributed by atoms with E-state index in [0.717, 1.165) is 6.54 Å². The van der Waals surface area contributed by atoms with Crippen LogP contribution in [0.1, 0.15) is 37.3 Å². The molecule has 3 rings (SSSR count). The minimum Gasteiger partial charge on any atom is -0.369 e. The molecule has 2 nitrogen and oxygen atoms in total. The lowest BCUT2D eigenvalue weighted by Crippen LogP contribution is -2.49. The lowest BCUT2D eigenvalue weighted by molar-refractivity contribution is 0.407. The van der Waals surface area contributed by atoms with Crippen molar-refractivity contribution in [2.75, 3.05) is 24.5 Å². The molecule has 0 bridgehead atoms. The van der Waals surface area contributed by atoms with Gasteiger partial charge in [0.15, 0.2) is 0 Å². The van der Waals surface area contributed by atoms with Crippen molar-refractivity contribution in [3.8, 4) is 0 Å². The van der Waals surface area contributed by atoms with Crippen LogP contribution in [-0.4, -0.2) is 25.2 Å². The average Bonchev–Trinajstić information content (AvgIpc) is 2.76. The Balaban J connectivity index is 1.83. The van der Waals surface area contributed by atoms with Crippen LogP contribution in [0.4, 0.5) is 5.69 Å². The quantitative estimate of drug-likeness (QED) is 0.860. The predicted molar refractivity (Wildman–Crippen MR) is 77.4 cm³/mol. The van der Waals surface area contributed by atoms with E-state index in [2.05, 4.69) is 42.3 Å². The van der Waals surface area contributed by atoms with E-state index < -0.39 is 0 Å². The van der Waals surface area contributed by atoms with Gasteiger partial charge in [0.25, 0.3) is 0 Å². The van der Waals surface area contributed by atoms with E-state index in [-0.39, 0.29) is 0 Å². The van der Waals surface area contributed by atoms with Crippen molar-refractivity contribution < 1.29 is 0 Å². The van der Waals surface area contributed by atoms with Gasteiger partial charge in [-0.1, -0.05) is 17.7 Å². The molecule has 0 radical (unpaired) electrons. The van der Waals surface area contributed by atoms with E-state index >= 15 is 0 Å². The molecular weight excluding hydrogens is 220 g/mol. The fraction of sp³-hybridized carbons (Fsp3) is 0.625. The number of aryl methyl sites for hydroxylation is 2. The van der Waals surface area contributed by atoms with E-state index in [1.807, 2.05) is 0 Å². The zero-order valence-corrected chi connectivity index (χ0v) is 11.6. The van der Waals surface area contributed by atoms with Gasteiger partial charge < -0.3 is 10.2 Å². The molecule has 0 amide bonds. The van der Waals surface area contributed by atoms with Crippen molar-refractivity contribution in [1.29, 1.82) is 0 Å². The molecule has 1 aromatic carbocycles. The maximum absolute atomic E-state index is 3.68. The van der Waals surface area contributed by atoms with Gasteiger partial charge in [-0.2, -0.15) is 0 Å². The van der Waals surface area contributed by atoms with Gasteiger partial charge in [-0.15, -0.1) is 0 Å². The number of rotatable bonds is 2. The SMILES string of the molecule is Cc1ccc2c(c1)CCCN2CC1(C)CCCN1. The van der Waals surface area contributed by atoms with Gasteiger partial charge in [0.05, 0.1) is 0 Å². The van der Waals surface area contributed by atoms with Crippen LogP contribution < -0.4 is 10.2 Å². The standard InChI is InChI=1S/C16H24N2/c1-13-6-7-15-14(11-13)5-3-10-18(15)12-16(2)8-4-9-17-16/h6-7,11,17H,3-5,8-10,12H2,1-2H3. The maximum Gasteiger partial charge on any atom is 0.0399 e. The lowest BCUT2D eigenvalue weighted by Gasteiger charge is -2.38. The van der Waals surface area contributed by atoms with Crippen molar-refractivity contribution in [3.63, 3.8) is 0 Å². The topological polar surface area (TPSA) is 15.3 Å². The lowest BCUT2D eigenvalue weighted by atomic mass is 9.95. The molecule has 0 spiro atoms. The molecule has 2 aliphatic rings. The highest BCUT2D eigenvalue weighted by atomic mass is 15.2. The second kappa shape index (κ2) is 4.58. The molecule has 0 aromatic heterocycles. The number of hydrogen-bond donors (Lipinski definition) is 1. The molecule has 1 N–H and O–H groups in total. The minimum atomic E-state index is 0.319. The summed E-state index contributed by atoms with van der Waals surface area (Å²) in [6.07, 6.45) is 5.18. The van der Waals surface area contributed by atoms with Crippen molar-refractivity contribution in [2.45, 2.75) is 45.1 Å². The molecule has 1 atom stereocenters. The predicted octanol–water partition coefficient (Wildman–Crippen LogP) is 2.89. The van der Waals surface area contributed by atoms with Crippen LogP contribution in [0.15, 0.2) is 18.2 Å². The Labute approximate surface area is 110 Å². The van der Waals surface area contributed by atoms with Crippen LogP contribution in [0.25, 0.3) is 0 Å². The fourth-order valence-electron chi connectivity index (χ4n) is 3.48. The Morgan fingerprint density at radius 1 is 1.33 bits per heavy atom. The molecule has 2 heteroatoms. The Morgan fingerprint density at radius 3 is 3.00 bits per heavy atom. The third kappa shape index (κ3) is 2.26. The highest BCUT2D eigenvalue weighted by Gasteiger charge is 2.31. The van der Waals surface area contributed by atoms with Gasteiger partial charge in [0, 0.05) is 24.3 Å². The summed E-state index contributed by atoms with van der Waals surface area (Å²) < 4.78 is 0. The number of fused-ring (bicyclic) bond motifs is 1. The van der Waals surface area contributed by atoms with E-state index in [1.54, 1.807) is 5.56 Å². The summed E-state index contributed by atoms with van der Waals surface area (Å²) in [6, 6.07) is 6.94. The number of benzene rings is 1. The summed E-state index contributed by atoms with van der Waals surface area (Å²) in [5.74, 6) is 0. The maximum atomic E-state index is 3.68. The summed E-state index contributed by atoms with van der Waals surface area (Å²) in [5.41, 5.74) is 4.73. The molecule has 0 saturated carbocycles. The van der Waals surface area contributed by atoms with E-state index in [4.69, 9.17) is 0 Å². The van der Waals surface area contributed by atoms with Gasteiger partial charge in [-0.05, 0) is 57.7 Å². The first-order valence-corrected chi connectivity index (χ1v) is 7.26. The summed E-state index contributed by atoms with van der Waals surface area (Å²) in [4.78, 5) is 2.59. The van der Waals surface area contributed by atoms with Gasteiger partial charge >= 0.3 is 0 Å². The normalized spacial score (nSPS) is 27.3. The molecule has 2 heterocycles. The molecule has 1 unspecified atom stereocenters. The number of anilines is 1. The zero-order valence-electron chi connectivity index (χ0n) is 11.6. The van der Waals surface area contributed by atoms with Crippen molar-refractivity contribution in [1.82, 2.24) is 5.32 Å². The van der Waals surface area contributed by atoms with Crippen LogP contribution in [0, 0.1) is 6.92 Å². The highest BCUT2D eigenvalue weighted by Crippen LogP contribution is 2.30. The first kappa shape index (κ1) is 12.0. The third-order valence-electron chi connectivity index (χ3n) is 4.45. The molecule has 98 valence electrons. The van der Waals surface area contributed by atoms with E-state index in [1.165, 1.54) is 50.0 Å². The second-order valence-electron chi connectivity index (χ2n) is 6.25. The van der Waals surface area contributed by atoms with E-state index in [9.17, 15) is 0 Å². The second-order valence-corrected chi connectivity index (χ2v) is 6.25. The van der Waals surface area contributed by atoms with Crippen molar-refractivity contribution >= 4 is 5.69 Å². The summed E-state index contributed by atoms with van der Waals surface area (Å²) in [7, 11) is 0. The molecule has 18 heavy (non-hydrogen) atoms. The van der Waals surface area contributed by atoms with Gasteiger partial charge in [0.1, 0.15) is 0 Å². The molecule has 1 saturated heterocycles. The van der Waals surface area contributed by atoms with Crippen LogP contribution in [0.2, 0.25) is 0 Å². The number of nitrogens with zero attached hydrogens (tertiary/aromatic N) is 1. The largest absolute Gasteiger partial charge is 0.369 e. The minimum absolute atomic E-state index is 0.319. The van der Waals surface area contributed by atoms with Crippen LogP contribution >= 0.6 is 0 Å². The van der Waals surface area contributed by atoms with Crippen molar-refractivity contribution in [3.05, 3.63) is 29.3 Å². The average molecular weight is 244 g/mol.